The molecule has 1 aromatic heterocycles. The number of benzene rings is 1. The number of aromatic nitrogens is 2. The molecule has 0 N–H and O–H groups in total. The number of fused-ring (bicyclic) bond motifs is 1. The Bertz CT molecular complexity index is 575. The highest BCUT2D eigenvalue weighted by Gasteiger charge is 2.06. The Kier molecular flexibility index (Phi) is 2.61. The van der Waals surface area contributed by atoms with Crippen LogP contribution in [0.4, 0.5) is 0 Å². The van der Waals surface area contributed by atoms with Crippen LogP contribution in [0.5, 0.6) is 0 Å². The first-order valence-electron chi connectivity index (χ1n) is 4.67. The average molecular weight is 267 g/mol. The van der Waals surface area contributed by atoms with E-state index in [1.54, 1.807) is 11.5 Å². The summed E-state index contributed by atoms with van der Waals surface area (Å²) in [7, 11) is 0. The molecule has 1 heterocycles. The van der Waals surface area contributed by atoms with Crippen LogP contribution in [0.2, 0.25) is 0 Å². The van der Waals surface area contributed by atoms with Crippen molar-refractivity contribution in [2.45, 2.75) is 19.3 Å². The first kappa shape index (κ1) is 10.4. The van der Waals surface area contributed by atoms with Crippen LogP contribution in [0.25, 0.3) is 11.0 Å². The fourth-order valence-corrected chi connectivity index (χ4v) is 2.10. The molecule has 2 aromatic rings. The van der Waals surface area contributed by atoms with Crippen LogP contribution in [-0.4, -0.2) is 9.55 Å². The molecule has 0 saturated carbocycles. The lowest BCUT2D eigenvalue weighted by Crippen LogP contribution is -2.22. The molecule has 0 atom stereocenters. The van der Waals surface area contributed by atoms with Crippen LogP contribution >= 0.6 is 15.9 Å². The largest absolute Gasteiger partial charge is 0.295 e. The smallest absolute Gasteiger partial charge is 0.273 e. The van der Waals surface area contributed by atoms with E-state index in [1.807, 2.05) is 25.1 Å². The van der Waals surface area contributed by atoms with Crippen LogP contribution in [0.15, 0.2) is 23.0 Å². The van der Waals surface area contributed by atoms with Gasteiger partial charge in [0.2, 0.25) is 0 Å². The maximum absolute atomic E-state index is 11.8. The topological polar surface area (TPSA) is 34.9 Å². The molecule has 1 aromatic carbocycles. The van der Waals surface area contributed by atoms with Crippen LogP contribution in [0.1, 0.15) is 11.3 Å². The summed E-state index contributed by atoms with van der Waals surface area (Å²) in [6.45, 7) is 3.75. The van der Waals surface area contributed by atoms with Crippen molar-refractivity contribution in [2.75, 3.05) is 0 Å². The van der Waals surface area contributed by atoms with Crippen LogP contribution < -0.4 is 5.56 Å². The Morgan fingerprint density at radius 1 is 1.40 bits per heavy atom. The van der Waals surface area contributed by atoms with Crippen molar-refractivity contribution in [3.05, 3.63) is 39.8 Å². The summed E-state index contributed by atoms with van der Waals surface area (Å²) in [5, 5.41) is 0. The van der Waals surface area contributed by atoms with Crippen LogP contribution in [-0.2, 0) is 5.45 Å². The van der Waals surface area contributed by atoms with Gasteiger partial charge in [0.1, 0.15) is 5.69 Å². The van der Waals surface area contributed by atoms with Crippen LogP contribution in [0.3, 0.4) is 0 Å². The second-order valence-corrected chi connectivity index (χ2v) is 4.04. The predicted octanol–water partition coefficient (Wildman–Crippen LogP) is 2.37. The Balaban J connectivity index is 2.94. The third-order valence-electron chi connectivity index (χ3n) is 2.38. The molecule has 15 heavy (non-hydrogen) atoms. The van der Waals surface area contributed by atoms with Gasteiger partial charge in [-0.05, 0) is 31.5 Å². The SMILES string of the molecule is Cc1ccc2c(c1)nc(C)c(=O)n2CBr. The van der Waals surface area contributed by atoms with E-state index in [4.69, 9.17) is 0 Å². The van der Waals surface area contributed by atoms with E-state index >= 15 is 0 Å². The zero-order valence-electron chi connectivity index (χ0n) is 8.62. The predicted molar refractivity (Wildman–Crippen MR) is 64.4 cm³/mol. The van der Waals surface area contributed by atoms with Gasteiger partial charge >= 0.3 is 0 Å². The lowest BCUT2D eigenvalue weighted by atomic mass is 10.2. The number of hydrogen-bond acceptors (Lipinski definition) is 2. The lowest BCUT2D eigenvalue weighted by molar-refractivity contribution is 0.862. The Labute approximate surface area is 95.9 Å². The van der Waals surface area contributed by atoms with Gasteiger partial charge in [-0.3, -0.25) is 9.36 Å². The first-order valence-corrected chi connectivity index (χ1v) is 5.79. The molecule has 0 spiro atoms. The molecular weight excluding hydrogens is 256 g/mol. The molecular formula is C11H11BrN2O. The molecule has 78 valence electrons. The molecule has 0 fully saturated rings. The maximum atomic E-state index is 11.8. The standard InChI is InChI=1S/C11H11BrN2O/c1-7-3-4-10-9(5-7)13-8(2)11(15)14(10)6-12/h3-5H,6H2,1-2H3. The van der Waals surface area contributed by atoms with E-state index in [-0.39, 0.29) is 5.56 Å². The fraction of sp³-hybridized carbons (Fsp3) is 0.273. The third kappa shape index (κ3) is 1.69. The molecule has 0 amide bonds. The van der Waals surface area contributed by atoms with Gasteiger partial charge in [0.25, 0.3) is 5.56 Å². The van der Waals surface area contributed by atoms with Gasteiger partial charge in [-0.1, -0.05) is 22.0 Å². The summed E-state index contributed by atoms with van der Waals surface area (Å²) >= 11 is 3.32. The average Bonchev–Trinajstić information content (AvgIpc) is 2.20. The van der Waals surface area contributed by atoms with Crippen molar-refractivity contribution >= 4 is 27.0 Å². The van der Waals surface area contributed by atoms with Gasteiger partial charge in [0.15, 0.2) is 0 Å². The summed E-state index contributed by atoms with van der Waals surface area (Å²) in [6, 6.07) is 5.90. The summed E-state index contributed by atoms with van der Waals surface area (Å²) in [5.74, 6) is 0. The van der Waals surface area contributed by atoms with Crippen molar-refractivity contribution in [1.29, 1.82) is 0 Å². The molecule has 0 unspecified atom stereocenters. The highest BCUT2D eigenvalue weighted by Crippen LogP contribution is 2.13. The minimum Gasteiger partial charge on any atom is -0.295 e. The van der Waals surface area contributed by atoms with E-state index in [0.29, 0.717) is 11.1 Å². The number of hydrogen-bond donors (Lipinski definition) is 0. The van der Waals surface area contributed by atoms with E-state index in [0.717, 1.165) is 16.6 Å². The number of halogens is 1. The van der Waals surface area contributed by atoms with Crippen molar-refractivity contribution < 1.29 is 0 Å². The van der Waals surface area contributed by atoms with E-state index < -0.39 is 0 Å². The second-order valence-electron chi connectivity index (χ2n) is 3.54. The van der Waals surface area contributed by atoms with Gasteiger partial charge in [-0.25, -0.2) is 4.98 Å². The zero-order chi connectivity index (χ0) is 11.0. The fourth-order valence-electron chi connectivity index (χ4n) is 1.60. The molecule has 0 aliphatic carbocycles. The Morgan fingerprint density at radius 2 is 2.13 bits per heavy atom. The normalized spacial score (nSPS) is 10.9. The number of aryl methyl sites for hydroxylation is 2. The molecule has 0 saturated heterocycles. The van der Waals surface area contributed by atoms with Crippen molar-refractivity contribution in [2.24, 2.45) is 0 Å². The third-order valence-corrected chi connectivity index (χ3v) is 2.89. The van der Waals surface area contributed by atoms with Gasteiger partial charge in [-0.15, -0.1) is 0 Å². The molecule has 0 radical (unpaired) electrons. The van der Waals surface area contributed by atoms with Gasteiger partial charge in [-0.2, -0.15) is 0 Å². The first-order chi connectivity index (χ1) is 7.13. The quantitative estimate of drug-likeness (QED) is 0.743. The molecule has 4 heteroatoms. The van der Waals surface area contributed by atoms with Crippen molar-refractivity contribution in [3.8, 4) is 0 Å². The number of nitrogens with zero attached hydrogens (tertiary/aromatic N) is 2. The molecule has 3 nitrogen and oxygen atoms in total. The number of alkyl halides is 1. The zero-order valence-corrected chi connectivity index (χ0v) is 10.2. The minimum absolute atomic E-state index is 0.0387. The monoisotopic (exact) mass is 266 g/mol. The summed E-state index contributed by atoms with van der Waals surface area (Å²) in [6.07, 6.45) is 0. The number of rotatable bonds is 1. The maximum Gasteiger partial charge on any atom is 0.273 e. The molecule has 0 bridgehead atoms. The summed E-state index contributed by atoms with van der Waals surface area (Å²) in [5.41, 5.74) is 3.87. The van der Waals surface area contributed by atoms with Gasteiger partial charge in [0.05, 0.1) is 16.5 Å². The van der Waals surface area contributed by atoms with E-state index in [2.05, 4.69) is 20.9 Å². The molecule has 2 rings (SSSR count). The second kappa shape index (κ2) is 3.77. The highest BCUT2D eigenvalue weighted by atomic mass is 79.9. The lowest BCUT2D eigenvalue weighted by Gasteiger charge is -2.08. The highest BCUT2D eigenvalue weighted by molar-refractivity contribution is 9.08. The van der Waals surface area contributed by atoms with Crippen molar-refractivity contribution in [3.63, 3.8) is 0 Å². The van der Waals surface area contributed by atoms with Gasteiger partial charge in [0, 0.05) is 0 Å². The van der Waals surface area contributed by atoms with E-state index in [1.165, 1.54) is 0 Å². The Hall–Kier alpha value is -1.16. The van der Waals surface area contributed by atoms with Gasteiger partial charge < -0.3 is 0 Å². The van der Waals surface area contributed by atoms with Crippen molar-refractivity contribution in [1.82, 2.24) is 9.55 Å². The van der Waals surface area contributed by atoms with Crippen LogP contribution in [0, 0.1) is 13.8 Å². The molecule has 0 aliphatic heterocycles. The minimum atomic E-state index is -0.0387. The Morgan fingerprint density at radius 3 is 2.80 bits per heavy atom. The summed E-state index contributed by atoms with van der Waals surface area (Å²) < 4.78 is 1.68. The summed E-state index contributed by atoms with van der Waals surface area (Å²) in [4.78, 5) is 16.1. The van der Waals surface area contributed by atoms with E-state index in [9.17, 15) is 4.79 Å². The molecule has 0 aliphatic rings.